The van der Waals surface area contributed by atoms with Crippen LogP contribution in [-0.2, 0) is 29.4 Å². The van der Waals surface area contributed by atoms with E-state index >= 15 is 8.78 Å². The summed E-state index contributed by atoms with van der Waals surface area (Å²) >= 11 is 7.93. The summed E-state index contributed by atoms with van der Waals surface area (Å²) in [6, 6.07) is 23.6. The minimum absolute atomic E-state index is 0.00720. The Hall–Kier alpha value is -4.21. The van der Waals surface area contributed by atoms with Crippen molar-refractivity contribution in [1.82, 2.24) is 9.80 Å². The van der Waals surface area contributed by atoms with Crippen molar-refractivity contribution in [3.8, 4) is 0 Å². The molecule has 2 aliphatic carbocycles. The van der Waals surface area contributed by atoms with Gasteiger partial charge in [0.25, 0.3) is 0 Å². The van der Waals surface area contributed by atoms with Gasteiger partial charge in [-0.2, -0.15) is 0 Å². The molecule has 2 atom stereocenters. The van der Waals surface area contributed by atoms with Crippen molar-refractivity contribution in [2.75, 3.05) is 26.2 Å². The van der Waals surface area contributed by atoms with Gasteiger partial charge >= 0.3 is 373 Å². The molecule has 0 N–H and O–H groups in total. The Morgan fingerprint density at radius 2 is 1.05 bits per heavy atom. The van der Waals surface area contributed by atoms with E-state index in [1.165, 1.54) is 41.8 Å². The van der Waals surface area contributed by atoms with Crippen molar-refractivity contribution in [3.63, 3.8) is 0 Å². The predicted molar refractivity (Wildman–Crippen MR) is 237 cm³/mol. The Balaban J connectivity index is 1.37. The van der Waals surface area contributed by atoms with Crippen LogP contribution >= 0.6 is 23.2 Å². The van der Waals surface area contributed by atoms with E-state index in [-0.39, 0.29) is 60.2 Å². The molecule has 11 heteroatoms. The number of alkyl halides is 2. The molecule has 0 saturated heterocycles. The summed E-state index contributed by atoms with van der Waals surface area (Å²) in [5, 5.41) is 0.337. The number of halogens is 6. The number of rotatable bonds is 20. The van der Waals surface area contributed by atoms with E-state index in [1.807, 2.05) is 50.2 Å². The standard InChI is InChI=1S/2C20H21ClF2NO.2C5H5.Ti/c2*1-2-3-11-24(14-17(22)12-15-7-5-4-6-8-15)20(25)18-10-9-16(21)13-19(18)23;2*1-2-4-5-3-1;/h2*4-7,9-10,13,17H,2-3,11-12,14H2,1H3;2*1-3H,4H2;. The van der Waals surface area contributed by atoms with E-state index in [2.05, 4.69) is 48.6 Å². The van der Waals surface area contributed by atoms with Gasteiger partial charge in [-0.3, -0.25) is 0 Å². The maximum absolute atomic E-state index is 16.8. The number of allylic oxidation sites excluding steroid dienone is 8. The molecule has 0 bridgehead atoms. The zero-order chi connectivity index (χ0) is 43.5. The van der Waals surface area contributed by atoms with Gasteiger partial charge in [-0.05, 0) is 0 Å². The molecule has 2 amide bonds. The molecule has 6 rings (SSSR count). The van der Waals surface area contributed by atoms with Crippen LogP contribution in [0.25, 0.3) is 0 Å². The molecule has 0 fully saturated rings. The summed E-state index contributed by atoms with van der Waals surface area (Å²) in [6.45, 7) is 4.05. The molecule has 61 heavy (non-hydrogen) atoms. The van der Waals surface area contributed by atoms with Crippen molar-refractivity contribution < 1.29 is 43.7 Å². The Morgan fingerprint density at radius 3 is 1.41 bits per heavy atom. The van der Waals surface area contributed by atoms with Gasteiger partial charge in [-0.15, -0.1) is 0 Å². The van der Waals surface area contributed by atoms with Crippen LogP contribution < -0.4 is 7.74 Å². The van der Waals surface area contributed by atoms with Crippen LogP contribution in [0.1, 0.15) is 84.2 Å². The molecule has 0 saturated carbocycles. The van der Waals surface area contributed by atoms with Gasteiger partial charge in [0, 0.05) is 0 Å². The molecular formula is C50H52Cl2F4N2O2Ti. The topological polar surface area (TPSA) is 40.6 Å². The minimum atomic E-state index is -4.02. The van der Waals surface area contributed by atoms with Gasteiger partial charge in [-0.25, -0.2) is 0 Å². The Kier molecular flexibility index (Phi) is 16.5. The van der Waals surface area contributed by atoms with Crippen LogP contribution in [0.2, 0.25) is 10.0 Å². The number of benzene rings is 4. The van der Waals surface area contributed by atoms with Gasteiger partial charge in [0.1, 0.15) is 0 Å². The molecule has 2 unspecified atom stereocenters. The zero-order valence-electron chi connectivity index (χ0n) is 34.7. The average Bonchev–Trinajstić information content (AvgIpc) is 3.99. The second kappa shape index (κ2) is 21.7. The summed E-state index contributed by atoms with van der Waals surface area (Å²) in [5.74, 6) is -2.67. The van der Waals surface area contributed by atoms with Crippen LogP contribution in [0.4, 0.5) is 17.6 Å². The fourth-order valence-electron chi connectivity index (χ4n) is 8.62. The molecule has 0 heterocycles. The Morgan fingerprint density at radius 1 is 0.639 bits per heavy atom. The van der Waals surface area contributed by atoms with Crippen LogP contribution in [-0.4, -0.2) is 60.1 Å². The number of carbonyl (C=O) groups excluding carboxylic acids is 2. The van der Waals surface area contributed by atoms with E-state index in [4.69, 9.17) is 23.2 Å². The third kappa shape index (κ3) is 10.9. The number of unbranched alkanes of at least 4 members (excludes halogenated alkanes) is 2. The molecule has 4 nitrogen and oxygen atoms in total. The molecule has 4 aromatic rings. The van der Waals surface area contributed by atoms with Crippen LogP contribution in [0.5, 0.6) is 0 Å². The first-order valence-electron chi connectivity index (χ1n) is 21.1. The number of nitrogens with zero attached hydrogens (tertiary/aromatic N) is 2. The van der Waals surface area contributed by atoms with E-state index in [0.717, 1.165) is 43.8 Å². The summed E-state index contributed by atoms with van der Waals surface area (Å²) in [5.41, 5.74) is 1.32. The molecule has 0 aromatic heterocycles. The molecule has 2 aliphatic rings. The van der Waals surface area contributed by atoms with Crippen molar-refractivity contribution in [1.29, 1.82) is 0 Å². The number of hydrogen-bond donors (Lipinski definition) is 0. The average molecular weight is 908 g/mol. The summed E-state index contributed by atoms with van der Waals surface area (Å²) in [4.78, 5) is 30.2. The number of amides is 2. The van der Waals surface area contributed by atoms with E-state index in [1.54, 1.807) is 0 Å². The zero-order valence-corrected chi connectivity index (χ0v) is 37.7. The first-order chi connectivity index (χ1) is 29.5. The fourth-order valence-corrected chi connectivity index (χ4v) is 17.8. The van der Waals surface area contributed by atoms with Gasteiger partial charge in [-0.1, -0.05) is 0 Å². The van der Waals surface area contributed by atoms with Crippen molar-refractivity contribution >= 4 is 42.8 Å². The van der Waals surface area contributed by atoms with Gasteiger partial charge in [0.05, 0.1) is 0 Å². The third-order valence-electron chi connectivity index (χ3n) is 11.5. The van der Waals surface area contributed by atoms with Gasteiger partial charge < -0.3 is 0 Å². The summed E-state index contributed by atoms with van der Waals surface area (Å²) in [6.07, 6.45) is 13.9. The second-order valence-corrected chi connectivity index (χ2v) is 22.7. The summed E-state index contributed by atoms with van der Waals surface area (Å²) in [7, 11) is 0. The molecular weight excluding hydrogens is 855 g/mol. The quantitative estimate of drug-likeness (QED) is 0.0655. The fraction of sp³-hybridized carbons (Fsp3) is 0.320. The first kappa shape index (κ1) is 46.3. The second-order valence-electron chi connectivity index (χ2n) is 15.8. The van der Waals surface area contributed by atoms with Crippen molar-refractivity contribution in [2.24, 2.45) is 0 Å². The Labute approximate surface area is 371 Å². The van der Waals surface area contributed by atoms with Gasteiger partial charge in [0.2, 0.25) is 0 Å². The van der Waals surface area contributed by atoms with Gasteiger partial charge in [0.15, 0.2) is 0 Å². The maximum atomic E-state index is 16.8. The Bertz CT molecular complexity index is 2170. The summed E-state index contributed by atoms with van der Waals surface area (Å²) < 4.78 is 68.0. The molecule has 0 spiro atoms. The van der Waals surface area contributed by atoms with Crippen LogP contribution in [0.3, 0.4) is 0 Å². The van der Waals surface area contributed by atoms with Crippen molar-refractivity contribution in [3.05, 3.63) is 173 Å². The molecule has 0 radical (unpaired) electrons. The molecule has 4 aromatic carbocycles. The number of carbonyl (C=O) groups is 2. The van der Waals surface area contributed by atoms with Crippen molar-refractivity contribution in [2.45, 2.75) is 77.6 Å². The predicted octanol–water partition coefficient (Wildman–Crippen LogP) is 11.7. The molecule has 0 aliphatic heterocycles. The van der Waals surface area contributed by atoms with Crippen LogP contribution in [0, 0.1) is 11.6 Å². The normalized spacial score (nSPS) is 14.5. The van der Waals surface area contributed by atoms with E-state index in [0.29, 0.717) is 25.7 Å². The number of hydrogen-bond acceptors (Lipinski definition) is 2. The monoisotopic (exact) mass is 906 g/mol. The van der Waals surface area contributed by atoms with E-state index in [9.17, 15) is 18.4 Å². The van der Waals surface area contributed by atoms with Crippen LogP contribution in [0.15, 0.2) is 129 Å². The first-order valence-corrected chi connectivity index (χ1v) is 25.0. The SMILES string of the molecule is CCCCN(CC(F)Cc1cccc[c]1[Ti]([C]1=CC=CC1)([C]1=CC=CC1)[c]1ccccc1CC(F)CN(CCCC)C(=O)c1ccc(Cl)cc1F)C(=O)c1ccc(Cl)cc1F. The van der Waals surface area contributed by atoms with E-state index < -0.39 is 52.4 Å². The molecule has 320 valence electrons. The third-order valence-corrected chi connectivity index (χ3v) is 20.2.